The molecule has 4 rings (SSSR count). The molecule has 0 spiro atoms. The van der Waals surface area contributed by atoms with Gasteiger partial charge in [-0.05, 0) is 46.5 Å². The second kappa shape index (κ2) is 10.1. The predicted octanol–water partition coefficient (Wildman–Crippen LogP) is 6.56. The van der Waals surface area contributed by atoms with Crippen molar-refractivity contribution in [1.29, 1.82) is 0 Å². The van der Waals surface area contributed by atoms with Gasteiger partial charge in [-0.3, -0.25) is 9.69 Å². The lowest BCUT2D eigenvalue weighted by Gasteiger charge is -2.23. The molecule has 0 bridgehead atoms. The van der Waals surface area contributed by atoms with Gasteiger partial charge < -0.3 is 5.11 Å². The maximum absolute atomic E-state index is 13.1. The lowest BCUT2D eigenvalue weighted by molar-refractivity contribution is -0.145. The fraction of sp³-hybridized carbons (Fsp3) is 0.0800. The van der Waals surface area contributed by atoms with Gasteiger partial charge in [0, 0.05) is 6.42 Å². The molecule has 1 heterocycles. The van der Waals surface area contributed by atoms with Crippen molar-refractivity contribution in [3.63, 3.8) is 0 Å². The van der Waals surface area contributed by atoms with Crippen LogP contribution in [0.3, 0.4) is 0 Å². The summed E-state index contributed by atoms with van der Waals surface area (Å²) in [7, 11) is 0. The molecule has 166 valence electrons. The first-order chi connectivity index (χ1) is 15.8. The zero-order valence-corrected chi connectivity index (χ0v) is 20.2. The summed E-state index contributed by atoms with van der Waals surface area (Å²) < 4.78 is 0.232. The molecule has 0 aromatic heterocycles. The van der Waals surface area contributed by atoms with Gasteiger partial charge in [0.2, 0.25) is 0 Å². The van der Waals surface area contributed by atoms with E-state index < -0.39 is 17.9 Å². The first-order valence-corrected chi connectivity index (χ1v) is 11.9. The van der Waals surface area contributed by atoms with Gasteiger partial charge in [-0.25, -0.2) is 4.79 Å². The summed E-state index contributed by atoms with van der Waals surface area (Å²) in [6.07, 6.45) is 1.89. The molecule has 1 fully saturated rings. The van der Waals surface area contributed by atoms with Gasteiger partial charge in [0.05, 0.1) is 15.0 Å². The Morgan fingerprint density at radius 3 is 2.42 bits per heavy atom. The summed E-state index contributed by atoms with van der Waals surface area (Å²) in [5, 5.41) is 10.7. The zero-order chi connectivity index (χ0) is 23.5. The average Bonchev–Trinajstić information content (AvgIpc) is 3.07. The highest BCUT2D eigenvalue weighted by molar-refractivity contribution is 8.26. The van der Waals surface area contributed by atoms with Gasteiger partial charge in [0.25, 0.3) is 5.91 Å². The number of carbonyl (C=O) groups excluding carboxylic acids is 1. The quantitative estimate of drug-likeness (QED) is 0.298. The Hall–Kier alpha value is -2.64. The van der Waals surface area contributed by atoms with E-state index >= 15 is 0 Å². The topological polar surface area (TPSA) is 57.6 Å². The van der Waals surface area contributed by atoms with Crippen LogP contribution in [0.4, 0.5) is 0 Å². The van der Waals surface area contributed by atoms with Gasteiger partial charge in [0.1, 0.15) is 10.4 Å². The molecule has 1 amide bonds. The van der Waals surface area contributed by atoms with Crippen molar-refractivity contribution in [1.82, 2.24) is 4.90 Å². The Morgan fingerprint density at radius 2 is 1.73 bits per heavy atom. The van der Waals surface area contributed by atoms with E-state index in [-0.39, 0.29) is 10.7 Å². The summed E-state index contributed by atoms with van der Waals surface area (Å²) in [6, 6.07) is 21.1. The maximum atomic E-state index is 13.1. The molecule has 1 N–H and O–H groups in total. The van der Waals surface area contributed by atoms with Crippen LogP contribution in [-0.2, 0) is 16.0 Å². The van der Waals surface area contributed by atoms with E-state index in [9.17, 15) is 14.7 Å². The zero-order valence-electron chi connectivity index (χ0n) is 17.1. The van der Waals surface area contributed by atoms with Gasteiger partial charge in [-0.15, -0.1) is 0 Å². The number of nitrogens with zero attached hydrogens (tertiary/aromatic N) is 1. The minimum Gasteiger partial charge on any atom is -0.480 e. The minimum absolute atomic E-state index is 0.169. The Bertz CT molecular complexity index is 1280. The van der Waals surface area contributed by atoms with Crippen molar-refractivity contribution in [2.24, 2.45) is 0 Å². The van der Waals surface area contributed by atoms with E-state index in [2.05, 4.69) is 0 Å². The molecule has 4 nitrogen and oxygen atoms in total. The minimum atomic E-state index is -1.10. The first-order valence-electron chi connectivity index (χ1n) is 9.93. The van der Waals surface area contributed by atoms with Crippen LogP contribution >= 0.6 is 47.2 Å². The molecule has 0 unspecified atom stereocenters. The van der Waals surface area contributed by atoms with Crippen LogP contribution in [0.15, 0.2) is 77.7 Å². The van der Waals surface area contributed by atoms with Crippen molar-refractivity contribution >= 4 is 69.5 Å². The first kappa shape index (κ1) is 23.5. The van der Waals surface area contributed by atoms with Gasteiger partial charge in [-0.1, -0.05) is 102 Å². The van der Waals surface area contributed by atoms with Crippen molar-refractivity contribution in [3.8, 4) is 11.1 Å². The van der Waals surface area contributed by atoms with Crippen molar-refractivity contribution in [2.45, 2.75) is 12.5 Å². The van der Waals surface area contributed by atoms with Crippen LogP contribution < -0.4 is 0 Å². The standard InChI is InChI=1S/C25H17Cl2NO3S2/c26-19-10-9-18(14-20(19)27)17-8-4-7-16(11-17)13-22-23(29)28(25(32)33-22)21(24(30)31)12-15-5-2-1-3-6-15/h1-11,13-14,21H,12H2,(H,30,31)/b22-13-/t21-/m0/s1. The van der Waals surface area contributed by atoms with Crippen molar-refractivity contribution < 1.29 is 14.7 Å². The molecule has 1 saturated heterocycles. The van der Waals surface area contributed by atoms with E-state index in [1.807, 2.05) is 60.7 Å². The SMILES string of the molecule is O=C(O)[C@H](Cc1ccccc1)N1C(=O)/C(=C/c2cccc(-c3ccc(Cl)c(Cl)c3)c2)SC1=S. The molecule has 3 aromatic carbocycles. The number of carboxylic acids is 1. The highest BCUT2D eigenvalue weighted by Gasteiger charge is 2.40. The third-order valence-electron chi connectivity index (χ3n) is 5.13. The van der Waals surface area contributed by atoms with Crippen molar-refractivity contribution in [2.75, 3.05) is 0 Å². The molecule has 0 radical (unpaired) electrons. The summed E-state index contributed by atoms with van der Waals surface area (Å²) in [5.41, 5.74) is 3.40. The molecular formula is C25H17Cl2NO3S2. The van der Waals surface area contributed by atoms with E-state index in [1.54, 1.807) is 18.2 Å². The molecule has 0 aliphatic carbocycles. The number of thioether (sulfide) groups is 1. The number of rotatable bonds is 6. The fourth-order valence-electron chi connectivity index (χ4n) is 3.51. The molecule has 1 atom stereocenters. The smallest absolute Gasteiger partial charge is 0.327 e. The van der Waals surface area contributed by atoms with Gasteiger partial charge >= 0.3 is 5.97 Å². The molecular weight excluding hydrogens is 497 g/mol. The molecule has 33 heavy (non-hydrogen) atoms. The Morgan fingerprint density at radius 1 is 1.00 bits per heavy atom. The Balaban J connectivity index is 1.61. The molecule has 1 aliphatic rings. The van der Waals surface area contributed by atoms with Crippen LogP contribution in [0.5, 0.6) is 0 Å². The monoisotopic (exact) mass is 513 g/mol. The molecule has 8 heteroatoms. The van der Waals surface area contributed by atoms with Gasteiger partial charge in [0.15, 0.2) is 0 Å². The van der Waals surface area contributed by atoms with E-state index in [1.165, 1.54) is 4.90 Å². The van der Waals surface area contributed by atoms with Crippen LogP contribution in [0.1, 0.15) is 11.1 Å². The largest absolute Gasteiger partial charge is 0.480 e. The van der Waals surface area contributed by atoms with E-state index in [0.717, 1.165) is 34.0 Å². The lowest BCUT2D eigenvalue weighted by atomic mass is 10.0. The molecule has 1 aliphatic heterocycles. The normalized spacial score (nSPS) is 15.8. The summed E-state index contributed by atoms with van der Waals surface area (Å²) in [5.74, 6) is -1.51. The number of aliphatic carboxylic acids is 1. The second-order valence-corrected chi connectivity index (χ2v) is 9.84. The average molecular weight is 514 g/mol. The lowest BCUT2D eigenvalue weighted by Crippen LogP contribution is -2.45. The molecule has 0 saturated carbocycles. The summed E-state index contributed by atoms with van der Waals surface area (Å²) in [4.78, 5) is 26.7. The second-order valence-electron chi connectivity index (χ2n) is 7.35. The third kappa shape index (κ3) is 5.31. The van der Waals surface area contributed by atoms with E-state index in [0.29, 0.717) is 15.0 Å². The third-order valence-corrected chi connectivity index (χ3v) is 7.20. The summed E-state index contributed by atoms with van der Waals surface area (Å²) in [6.45, 7) is 0. The molecule has 3 aromatic rings. The van der Waals surface area contributed by atoms with Crippen LogP contribution in [-0.4, -0.2) is 32.2 Å². The number of carbonyl (C=O) groups is 2. The Kier molecular flexibility index (Phi) is 7.20. The number of benzene rings is 3. The number of amides is 1. The maximum Gasteiger partial charge on any atom is 0.327 e. The van der Waals surface area contributed by atoms with Gasteiger partial charge in [-0.2, -0.15) is 0 Å². The number of carboxylic acid groups (broad SMARTS) is 1. The Labute approximate surface area is 210 Å². The highest BCUT2D eigenvalue weighted by Crippen LogP contribution is 2.35. The predicted molar refractivity (Wildman–Crippen MR) is 138 cm³/mol. The van der Waals surface area contributed by atoms with Crippen LogP contribution in [0, 0.1) is 0 Å². The number of thiocarbonyl (C=S) groups is 1. The number of halogens is 2. The van der Waals surface area contributed by atoms with E-state index in [4.69, 9.17) is 35.4 Å². The summed E-state index contributed by atoms with van der Waals surface area (Å²) >= 11 is 18.7. The fourth-order valence-corrected chi connectivity index (χ4v) is 5.16. The highest BCUT2D eigenvalue weighted by atomic mass is 35.5. The van der Waals surface area contributed by atoms with Crippen LogP contribution in [0.25, 0.3) is 17.2 Å². The van der Waals surface area contributed by atoms with Crippen molar-refractivity contribution in [3.05, 3.63) is 98.9 Å². The number of hydrogen-bond acceptors (Lipinski definition) is 4. The number of hydrogen-bond donors (Lipinski definition) is 1. The van der Waals surface area contributed by atoms with Crippen LogP contribution in [0.2, 0.25) is 10.0 Å².